The first kappa shape index (κ1) is 12.6. The molecule has 0 atom stereocenters. The Bertz CT molecular complexity index is 537. The van der Waals surface area contributed by atoms with Gasteiger partial charge < -0.3 is 9.84 Å². The highest BCUT2D eigenvalue weighted by Crippen LogP contribution is 2.25. The van der Waals surface area contributed by atoms with Crippen LogP contribution in [0, 0.1) is 0 Å². The maximum atomic E-state index is 9.20. The zero-order chi connectivity index (χ0) is 12.8. The lowest BCUT2D eigenvalue weighted by Gasteiger charge is -2.10. The molecule has 0 radical (unpaired) electrons. The van der Waals surface area contributed by atoms with Gasteiger partial charge in [-0.1, -0.05) is 18.2 Å². The number of aliphatic hydroxyl groups is 1. The van der Waals surface area contributed by atoms with E-state index < -0.39 is 0 Å². The summed E-state index contributed by atoms with van der Waals surface area (Å²) >= 11 is 0. The first-order valence-corrected chi connectivity index (χ1v) is 6.08. The lowest BCUT2D eigenvalue weighted by molar-refractivity contribution is 0.274. The van der Waals surface area contributed by atoms with E-state index in [1.54, 1.807) is 6.07 Å². The number of aromatic nitrogens is 1. The van der Waals surface area contributed by atoms with Crippen LogP contribution in [0.4, 0.5) is 0 Å². The van der Waals surface area contributed by atoms with Gasteiger partial charge in [-0.3, -0.25) is 4.98 Å². The highest BCUT2D eigenvalue weighted by atomic mass is 16.5. The van der Waals surface area contributed by atoms with Crippen LogP contribution >= 0.6 is 0 Å². The molecule has 0 aliphatic rings. The second-order valence-corrected chi connectivity index (χ2v) is 4.07. The smallest absolute Gasteiger partial charge is 0.130 e. The van der Waals surface area contributed by atoms with E-state index in [-0.39, 0.29) is 6.61 Å². The Kier molecular flexibility index (Phi) is 4.31. The Morgan fingerprint density at radius 3 is 2.94 bits per heavy atom. The minimum atomic E-state index is -0.0755. The van der Waals surface area contributed by atoms with Crippen molar-refractivity contribution in [1.29, 1.82) is 0 Å². The fourth-order valence-corrected chi connectivity index (χ4v) is 1.81. The van der Waals surface area contributed by atoms with Crippen LogP contribution in [0.15, 0.2) is 43.0 Å². The van der Waals surface area contributed by atoms with Gasteiger partial charge in [0.05, 0.1) is 24.4 Å². The lowest BCUT2D eigenvalue weighted by Crippen LogP contribution is -2.00. The number of ether oxygens (including phenoxy) is 1. The van der Waals surface area contributed by atoms with E-state index in [1.165, 1.54) is 0 Å². The largest absolute Gasteiger partial charge is 0.493 e. The fourth-order valence-electron chi connectivity index (χ4n) is 1.81. The minimum Gasteiger partial charge on any atom is -0.493 e. The normalized spacial score (nSPS) is 10.5. The quantitative estimate of drug-likeness (QED) is 0.626. The van der Waals surface area contributed by atoms with E-state index in [4.69, 9.17) is 4.74 Å². The van der Waals surface area contributed by atoms with Gasteiger partial charge in [0, 0.05) is 11.5 Å². The maximum Gasteiger partial charge on any atom is 0.130 e. The second-order valence-electron chi connectivity index (χ2n) is 4.07. The molecule has 1 N–H and O–H groups in total. The molecule has 1 aromatic heterocycles. The Hall–Kier alpha value is -1.87. The molecule has 0 amide bonds. The summed E-state index contributed by atoms with van der Waals surface area (Å²) < 4.78 is 5.76. The molecular formula is C15H17NO2. The van der Waals surface area contributed by atoms with Crippen LogP contribution in [-0.4, -0.2) is 16.7 Å². The molecule has 1 aromatic carbocycles. The number of pyridine rings is 1. The Morgan fingerprint density at radius 2 is 2.17 bits per heavy atom. The van der Waals surface area contributed by atoms with Gasteiger partial charge in [0.15, 0.2) is 0 Å². The predicted molar refractivity (Wildman–Crippen MR) is 72.6 cm³/mol. The molecule has 0 bridgehead atoms. The summed E-state index contributed by atoms with van der Waals surface area (Å²) in [6, 6.07) is 9.59. The molecule has 0 saturated heterocycles. The standard InChI is InChI=1S/C15H17NO2/c1-2-3-6-9-18-15-10-12(11-17)16-14-8-5-4-7-13(14)15/h2,4-5,7-8,10,17H,1,3,6,9,11H2. The third kappa shape index (κ3) is 2.87. The maximum absolute atomic E-state index is 9.20. The molecule has 3 heteroatoms. The van der Waals surface area contributed by atoms with Gasteiger partial charge in [-0.15, -0.1) is 6.58 Å². The van der Waals surface area contributed by atoms with Crippen LogP contribution in [0.1, 0.15) is 18.5 Å². The molecule has 3 nitrogen and oxygen atoms in total. The van der Waals surface area contributed by atoms with E-state index in [9.17, 15) is 5.11 Å². The number of rotatable bonds is 6. The van der Waals surface area contributed by atoms with Crippen LogP contribution in [0.25, 0.3) is 10.9 Å². The van der Waals surface area contributed by atoms with Crippen LogP contribution in [0.3, 0.4) is 0 Å². The van der Waals surface area contributed by atoms with E-state index in [2.05, 4.69) is 11.6 Å². The topological polar surface area (TPSA) is 42.4 Å². The third-order valence-electron chi connectivity index (χ3n) is 2.70. The number of para-hydroxylation sites is 1. The summed E-state index contributed by atoms with van der Waals surface area (Å²) in [5.41, 5.74) is 1.48. The van der Waals surface area contributed by atoms with Gasteiger partial charge in [-0.25, -0.2) is 0 Å². The van der Waals surface area contributed by atoms with E-state index in [1.807, 2.05) is 30.3 Å². The van der Waals surface area contributed by atoms with E-state index in [0.29, 0.717) is 12.3 Å². The number of unbranched alkanes of at least 4 members (excludes halogenated alkanes) is 1. The average Bonchev–Trinajstić information content (AvgIpc) is 2.43. The van der Waals surface area contributed by atoms with Crippen molar-refractivity contribution in [3.8, 4) is 5.75 Å². The van der Waals surface area contributed by atoms with Crippen LogP contribution in [0.5, 0.6) is 5.75 Å². The van der Waals surface area contributed by atoms with Crippen LogP contribution in [-0.2, 0) is 6.61 Å². The Balaban J connectivity index is 2.26. The highest BCUT2D eigenvalue weighted by Gasteiger charge is 2.05. The summed E-state index contributed by atoms with van der Waals surface area (Å²) in [6.45, 7) is 4.25. The molecule has 94 valence electrons. The highest BCUT2D eigenvalue weighted by molar-refractivity contribution is 5.85. The summed E-state index contributed by atoms with van der Waals surface area (Å²) in [6.07, 6.45) is 3.76. The first-order valence-electron chi connectivity index (χ1n) is 6.08. The van der Waals surface area contributed by atoms with Crippen molar-refractivity contribution in [2.75, 3.05) is 6.61 Å². The molecule has 1 heterocycles. The average molecular weight is 243 g/mol. The van der Waals surface area contributed by atoms with E-state index >= 15 is 0 Å². The first-order chi connectivity index (χ1) is 8.85. The number of hydrogen-bond donors (Lipinski definition) is 1. The Labute approximate surface area is 107 Å². The van der Waals surface area contributed by atoms with Crippen molar-refractivity contribution >= 4 is 10.9 Å². The van der Waals surface area contributed by atoms with E-state index in [0.717, 1.165) is 29.5 Å². The molecule has 0 fully saturated rings. The molecule has 18 heavy (non-hydrogen) atoms. The molecule has 0 aliphatic carbocycles. The number of benzene rings is 1. The van der Waals surface area contributed by atoms with Crippen molar-refractivity contribution in [3.63, 3.8) is 0 Å². The lowest BCUT2D eigenvalue weighted by atomic mass is 10.2. The Morgan fingerprint density at radius 1 is 1.33 bits per heavy atom. The van der Waals surface area contributed by atoms with Gasteiger partial charge in [0.2, 0.25) is 0 Å². The van der Waals surface area contributed by atoms with Gasteiger partial charge in [0.1, 0.15) is 5.75 Å². The zero-order valence-electron chi connectivity index (χ0n) is 10.3. The monoisotopic (exact) mass is 243 g/mol. The fraction of sp³-hybridized carbons (Fsp3) is 0.267. The predicted octanol–water partition coefficient (Wildman–Crippen LogP) is 3.07. The third-order valence-corrected chi connectivity index (χ3v) is 2.70. The zero-order valence-corrected chi connectivity index (χ0v) is 10.3. The van der Waals surface area contributed by atoms with Crippen molar-refractivity contribution in [2.45, 2.75) is 19.4 Å². The summed E-state index contributed by atoms with van der Waals surface area (Å²) in [5.74, 6) is 0.786. The van der Waals surface area contributed by atoms with Crippen molar-refractivity contribution < 1.29 is 9.84 Å². The molecule has 0 saturated carbocycles. The van der Waals surface area contributed by atoms with Gasteiger partial charge in [-0.2, -0.15) is 0 Å². The summed E-state index contributed by atoms with van der Waals surface area (Å²) in [5, 5.41) is 10.2. The number of fused-ring (bicyclic) bond motifs is 1. The minimum absolute atomic E-state index is 0.0755. The summed E-state index contributed by atoms with van der Waals surface area (Å²) in [4.78, 5) is 4.35. The molecular weight excluding hydrogens is 226 g/mol. The van der Waals surface area contributed by atoms with Crippen molar-refractivity contribution in [3.05, 3.63) is 48.7 Å². The van der Waals surface area contributed by atoms with Crippen molar-refractivity contribution in [2.24, 2.45) is 0 Å². The van der Waals surface area contributed by atoms with Crippen LogP contribution < -0.4 is 4.74 Å². The SMILES string of the molecule is C=CCCCOc1cc(CO)nc2ccccc12. The molecule has 0 spiro atoms. The number of nitrogens with zero attached hydrogens (tertiary/aromatic N) is 1. The van der Waals surface area contributed by atoms with Crippen LogP contribution in [0.2, 0.25) is 0 Å². The molecule has 2 aromatic rings. The second kappa shape index (κ2) is 6.17. The molecule has 0 unspecified atom stereocenters. The summed E-state index contributed by atoms with van der Waals surface area (Å²) in [7, 11) is 0. The van der Waals surface area contributed by atoms with Gasteiger partial charge >= 0.3 is 0 Å². The number of aliphatic hydroxyl groups excluding tert-OH is 1. The number of allylic oxidation sites excluding steroid dienone is 1. The number of hydrogen-bond acceptors (Lipinski definition) is 3. The van der Waals surface area contributed by atoms with Gasteiger partial charge in [-0.05, 0) is 25.0 Å². The molecule has 0 aliphatic heterocycles. The van der Waals surface area contributed by atoms with Gasteiger partial charge in [0.25, 0.3) is 0 Å². The molecule has 2 rings (SSSR count). The van der Waals surface area contributed by atoms with Crippen molar-refractivity contribution in [1.82, 2.24) is 4.98 Å².